The number of rotatable bonds is 7. The normalized spacial score (nSPS) is 18.7. The van der Waals surface area contributed by atoms with Gasteiger partial charge in [-0.05, 0) is 25.0 Å². The van der Waals surface area contributed by atoms with Gasteiger partial charge in [-0.3, -0.25) is 4.79 Å². The molecule has 0 aliphatic carbocycles. The summed E-state index contributed by atoms with van der Waals surface area (Å²) < 4.78 is 12.7. The average molecular weight is 266 g/mol. The van der Waals surface area contributed by atoms with Crippen LogP contribution < -0.4 is 5.32 Å². The first-order valence-corrected chi connectivity index (χ1v) is 6.82. The Bertz CT molecular complexity index is 397. The van der Waals surface area contributed by atoms with Crippen LogP contribution >= 0.6 is 0 Å². The topological polar surface area (TPSA) is 52.5 Å². The molecule has 1 fully saturated rings. The fraction of sp³-hybridized carbons (Fsp3) is 0.643. The largest absolute Gasteiger partial charge is 0.381 e. The Morgan fingerprint density at radius 2 is 2.53 bits per heavy atom. The fourth-order valence-corrected chi connectivity index (χ4v) is 2.13. The van der Waals surface area contributed by atoms with Gasteiger partial charge in [0, 0.05) is 38.9 Å². The van der Waals surface area contributed by atoms with E-state index in [-0.39, 0.29) is 5.91 Å². The number of carbonyl (C=O) groups is 1. The highest BCUT2D eigenvalue weighted by molar-refractivity contribution is 5.92. The first-order valence-electron chi connectivity index (χ1n) is 6.82. The number of hydrogen-bond acceptors (Lipinski definition) is 3. The zero-order valence-electron chi connectivity index (χ0n) is 11.4. The molecule has 1 saturated heterocycles. The first kappa shape index (κ1) is 14.1. The van der Waals surface area contributed by atoms with Crippen LogP contribution in [-0.4, -0.2) is 43.4 Å². The lowest BCUT2D eigenvalue weighted by atomic mass is 10.1. The molecule has 1 amide bonds. The molecule has 106 valence electrons. The molecule has 1 aliphatic rings. The molecule has 19 heavy (non-hydrogen) atoms. The van der Waals surface area contributed by atoms with Gasteiger partial charge in [0.1, 0.15) is 5.69 Å². The summed E-state index contributed by atoms with van der Waals surface area (Å²) >= 11 is 0. The number of ether oxygens (including phenoxy) is 2. The molecule has 5 nitrogen and oxygen atoms in total. The molecule has 0 saturated carbocycles. The SMILES string of the molecule is Cn1cccc1C(=O)NCCCOC[C@H]1CCOC1. The van der Waals surface area contributed by atoms with Gasteiger partial charge < -0.3 is 19.4 Å². The molecule has 2 rings (SSSR count). The minimum Gasteiger partial charge on any atom is -0.381 e. The zero-order chi connectivity index (χ0) is 13.5. The highest BCUT2D eigenvalue weighted by Crippen LogP contribution is 2.12. The van der Waals surface area contributed by atoms with E-state index < -0.39 is 0 Å². The minimum absolute atomic E-state index is 0.0308. The van der Waals surface area contributed by atoms with Crippen molar-refractivity contribution in [2.24, 2.45) is 13.0 Å². The van der Waals surface area contributed by atoms with Crippen molar-refractivity contribution in [2.45, 2.75) is 12.8 Å². The van der Waals surface area contributed by atoms with Crippen LogP contribution in [0.25, 0.3) is 0 Å². The smallest absolute Gasteiger partial charge is 0.267 e. The number of aryl methyl sites for hydroxylation is 1. The van der Waals surface area contributed by atoms with Gasteiger partial charge in [-0.25, -0.2) is 0 Å². The summed E-state index contributed by atoms with van der Waals surface area (Å²) in [6.45, 7) is 3.78. The van der Waals surface area contributed by atoms with Crippen LogP contribution in [0, 0.1) is 5.92 Å². The Morgan fingerprint density at radius 1 is 1.63 bits per heavy atom. The van der Waals surface area contributed by atoms with Crippen LogP contribution in [0.1, 0.15) is 23.3 Å². The predicted molar refractivity (Wildman–Crippen MR) is 72.1 cm³/mol. The van der Waals surface area contributed by atoms with E-state index >= 15 is 0 Å². The van der Waals surface area contributed by atoms with Crippen LogP contribution in [0.4, 0.5) is 0 Å². The van der Waals surface area contributed by atoms with E-state index in [1.54, 1.807) is 0 Å². The number of carbonyl (C=O) groups excluding carboxylic acids is 1. The average Bonchev–Trinajstić information content (AvgIpc) is 3.04. The van der Waals surface area contributed by atoms with Crippen LogP contribution in [0.15, 0.2) is 18.3 Å². The summed E-state index contributed by atoms with van der Waals surface area (Å²) in [5.41, 5.74) is 0.684. The monoisotopic (exact) mass is 266 g/mol. The molecule has 0 aromatic carbocycles. The van der Waals surface area contributed by atoms with Crippen molar-refractivity contribution in [1.82, 2.24) is 9.88 Å². The maximum Gasteiger partial charge on any atom is 0.267 e. The number of aromatic nitrogens is 1. The highest BCUT2D eigenvalue weighted by atomic mass is 16.5. The summed E-state index contributed by atoms with van der Waals surface area (Å²) in [4.78, 5) is 11.8. The van der Waals surface area contributed by atoms with Crippen molar-refractivity contribution in [1.29, 1.82) is 0 Å². The third-order valence-corrected chi connectivity index (χ3v) is 3.30. The second kappa shape index (κ2) is 7.31. The van der Waals surface area contributed by atoms with Crippen molar-refractivity contribution >= 4 is 5.91 Å². The van der Waals surface area contributed by atoms with Crippen molar-refractivity contribution in [2.75, 3.05) is 33.0 Å². The Labute approximate surface area is 113 Å². The van der Waals surface area contributed by atoms with E-state index in [2.05, 4.69) is 5.32 Å². The van der Waals surface area contributed by atoms with E-state index in [1.165, 1.54) is 0 Å². The lowest BCUT2D eigenvalue weighted by molar-refractivity contribution is 0.0851. The lowest BCUT2D eigenvalue weighted by Gasteiger charge is -2.09. The number of hydrogen-bond donors (Lipinski definition) is 1. The van der Waals surface area contributed by atoms with Gasteiger partial charge in [-0.15, -0.1) is 0 Å². The van der Waals surface area contributed by atoms with E-state index in [1.807, 2.05) is 29.9 Å². The molecule has 1 aliphatic heterocycles. The molecule has 1 aromatic heterocycles. The van der Waals surface area contributed by atoms with Crippen LogP contribution in [-0.2, 0) is 16.5 Å². The molecule has 0 unspecified atom stereocenters. The second-order valence-corrected chi connectivity index (χ2v) is 4.92. The number of nitrogens with one attached hydrogen (secondary N) is 1. The molecule has 1 N–H and O–H groups in total. The van der Waals surface area contributed by atoms with Crippen molar-refractivity contribution in [3.8, 4) is 0 Å². The van der Waals surface area contributed by atoms with E-state index in [4.69, 9.17) is 9.47 Å². The number of amides is 1. The third-order valence-electron chi connectivity index (χ3n) is 3.30. The molecule has 0 spiro atoms. The lowest BCUT2D eigenvalue weighted by Crippen LogP contribution is -2.27. The van der Waals surface area contributed by atoms with Gasteiger partial charge in [0.05, 0.1) is 13.2 Å². The standard InChI is InChI=1S/C14H22N2O3/c1-16-7-2-4-13(16)14(17)15-6-3-8-18-10-12-5-9-19-11-12/h2,4,7,12H,3,5-6,8-11H2,1H3,(H,15,17)/t12-/m1/s1. The summed E-state index contributed by atoms with van der Waals surface area (Å²) in [6.07, 6.45) is 3.80. The predicted octanol–water partition coefficient (Wildman–Crippen LogP) is 1.20. The van der Waals surface area contributed by atoms with Gasteiger partial charge in [-0.2, -0.15) is 0 Å². The molecule has 1 aromatic rings. The van der Waals surface area contributed by atoms with E-state index in [0.29, 0.717) is 24.8 Å². The third kappa shape index (κ3) is 4.36. The highest BCUT2D eigenvalue weighted by Gasteiger charge is 2.15. The molecule has 0 radical (unpaired) electrons. The maximum atomic E-state index is 11.8. The molecular weight excluding hydrogens is 244 g/mol. The molecule has 2 heterocycles. The fourth-order valence-electron chi connectivity index (χ4n) is 2.13. The van der Waals surface area contributed by atoms with Crippen molar-refractivity contribution in [3.05, 3.63) is 24.0 Å². The summed E-state index contributed by atoms with van der Waals surface area (Å²) in [6, 6.07) is 3.67. The second-order valence-electron chi connectivity index (χ2n) is 4.92. The maximum absolute atomic E-state index is 11.8. The Hall–Kier alpha value is -1.33. The van der Waals surface area contributed by atoms with Gasteiger partial charge in [0.2, 0.25) is 0 Å². The molecular formula is C14H22N2O3. The van der Waals surface area contributed by atoms with Crippen molar-refractivity contribution in [3.63, 3.8) is 0 Å². The summed E-state index contributed by atoms with van der Waals surface area (Å²) in [7, 11) is 1.86. The summed E-state index contributed by atoms with van der Waals surface area (Å²) in [5.74, 6) is 0.523. The molecule has 5 heteroatoms. The Morgan fingerprint density at radius 3 is 3.21 bits per heavy atom. The first-order chi connectivity index (χ1) is 9.27. The summed E-state index contributed by atoms with van der Waals surface area (Å²) in [5, 5.41) is 2.89. The van der Waals surface area contributed by atoms with Gasteiger partial charge in [0.25, 0.3) is 5.91 Å². The van der Waals surface area contributed by atoms with Crippen molar-refractivity contribution < 1.29 is 14.3 Å². The van der Waals surface area contributed by atoms with Crippen LogP contribution in [0.2, 0.25) is 0 Å². The van der Waals surface area contributed by atoms with Crippen LogP contribution in [0.5, 0.6) is 0 Å². The van der Waals surface area contributed by atoms with Gasteiger partial charge in [-0.1, -0.05) is 0 Å². The van der Waals surface area contributed by atoms with Crippen LogP contribution in [0.3, 0.4) is 0 Å². The quantitative estimate of drug-likeness (QED) is 0.754. The number of nitrogens with zero attached hydrogens (tertiary/aromatic N) is 1. The Kier molecular flexibility index (Phi) is 5.42. The Balaban J connectivity index is 1.52. The van der Waals surface area contributed by atoms with Gasteiger partial charge in [0.15, 0.2) is 0 Å². The van der Waals surface area contributed by atoms with Gasteiger partial charge >= 0.3 is 0 Å². The molecule has 0 bridgehead atoms. The van der Waals surface area contributed by atoms with E-state index in [0.717, 1.165) is 32.7 Å². The zero-order valence-corrected chi connectivity index (χ0v) is 11.4. The molecule has 1 atom stereocenters. The minimum atomic E-state index is -0.0308. The van der Waals surface area contributed by atoms with E-state index in [9.17, 15) is 4.79 Å².